The number of hydrogen-bond donors (Lipinski definition) is 2. The minimum absolute atomic E-state index is 0.0717. The van der Waals surface area contributed by atoms with Gasteiger partial charge in [0, 0.05) is 11.8 Å². The van der Waals surface area contributed by atoms with Crippen LogP contribution in [0.5, 0.6) is 0 Å². The Morgan fingerprint density at radius 2 is 1.78 bits per heavy atom. The fourth-order valence-corrected chi connectivity index (χ4v) is 2.77. The summed E-state index contributed by atoms with van der Waals surface area (Å²) >= 11 is 0. The van der Waals surface area contributed by atoms with Gasteiger partial charge in [-0.15, -0.1) is 0 Å². The van der Waals surface area contributed by atoms with E-state index in [0.29, 0.717) is 18.1 Å². The number of nitrogens with zero attached hydrogens (tertiary/aromatic N) is 2. The lowest BCUT2D eigenvalue weighted by atomic mass is 10.1. The van der Waals surface area contributed by atoms with Crippen molar-refractivity contribution in [2.75, 3.05) is 19.0 Å². The molecule has 3 aromatic rings. The number of methoxy groups -OCH3 is 1. The fraction of sp³-hybridized carbons (Fsp3) is 0.190. The molecule has 2 N–H and O–H groups in total. The second-order valence-corrected chi connectivity index (χ2v) is 6.03. The molecule has 0 bridgehead atoms. The maximum Gasteiger partial charge on any atom is 0.341 e. The summed E-state index contributed by atoms with van der Waals surface area (Å²) in [5.74, 6) is -0.153. The summed E-state index contributed by atoms with van der Waals surface area (Å²) in [7, 11) is 1.32. The molecule has 1 unspecified atom stereocenters. The lowest BCUT2D eigenvalue weighted by Crippen LogP contribution is -2.27. The number of benzene rings is 2. The maximum atomic E-state index is 12.1. The summed E-state index contributed by atoms with van der Waals surface area (Å²) in [5.41, 5.74) is 2.65. The zero-order valence-corrected chi connectivity index (χ0v) is 15.0. The van der Waals surface area contributed by atoms with E-state index in [0.717, 1.165) is 11.1 Å². The van der Waals surface area contributed by atoms with Crippen LogP contribution >= 0.6 is 0 Å². The molecule has 6 nitrogen and oxygen atoms in total. The van der Waals surface area contributed by atoms with Crippen LogP contribution in [-0.2, 0) is 11.2 Å². The summed E-state index contributed by atoms with van der Waals surface area (Å²) in [4.78, 5) is 20.8. The van der Waals surface area contributed by atoms with E-state index < -0.39 is 5.97 Å². The molecule has 0 saturated heterocycles. The predicted molar refractivity (Wildman–Crippen MR) is 103 cm³/mol. The zero-order chi connectivity index (χ0) is 19.1. The largest absolute Gasteiger partial charge is 0.465 e. The molecule has 1 heterocycles. The van der Waals surface area contributed by atoms with Gasteiger partial charge in [0.05, 0.1) is 25.5 Å². The van der Waals surface area contributed by atoms with Gasteiger partial charge in [0.25, 0.3) is 0 Å². The van der Waals surface area contributed by atoms with Crippen LogP contribution < -0.4 is 5.32 Å². The Labute approximate surface area is 157 Å². The van der Waals surface area contributed by atoms with Crippen LogP contribution in [0.15, 0.2) is 66.9 Å². The first-order chi connectivity index (χ1) is 13.2. The predicted octanol–water partition coefficient (Wildman–Crippen LogP) is 2.95. The highest BCUT2D eigenvalue weighted by Gasteiger charge is 2.18. The first-order valence-corrected chi connectivity index (χ1v) is 8.63. The summed E-state index contributed by atoms with van der Waals surface area (Å²) in [6.45, 7) is -0.0717. The van der Waals surface area contributed by atoms with Crippen LogP contribution in [0.4, 0.5) is 5.95 Å². The number of carbonyl (C=O) groups excluding carboxylic acids is 1. The van der Waals surface area contributed by atoms with Crippen LogP contribution in [0.25, 0.3) is 11.3 Å². The van der Waals surface area contributed by atoms with E-state index in [1.54, 1.807) is 0 Å². The number of carbonyl (C=O) groups is 1. The van der Waals surface area contributed by atoms with Gasteiger partial charge >= 0.3 is 5.97 Å². The number of rotatable bonds is 7. The number of ether oxygens (including phenoxy) is 1. The van der Waals surface area contributed by atoms with Crippen LogP contribution in [0, 0.1) is 0 Å². The summed E-state index contributed by atoms with van der Waals surface area (Å²) in [6.07, 6.45) is 2.07. The van der Waals surface area contributed by atoms with E-state index in [4.69, 9.17) is 4.74 Å². The van der Waals surface area contributed by atoms with E-state index >= 15 is 0 Å². The van der Waals surface area contributed by atoms with Crippen molar-refractivity contribution in [3.63, 3.8) is 0 Å². The molecule has 0 spiro atoms. The average molecular weight is 363 g/mol. The molecule has 0 aliphatic heterocycles. The van der Waals surface area contributed by atoms with Crippen molar-refractivity contribution in [1.29, 1.82) is 0 Å². The molecule has 138 valence electrons. The SMILES string of the molecule is COC(=O)c1cnc(NC(CO)Cc2ccccc2)nc1-c1ccccc1. The molecule has 1 aromatic heterocycles. The van der Waals surface area contributed by atoms with Crippen molar-refractivity contribution >= 4 is 11.9 Å². The summed E-state index contributed by atoms with van der Waals surface area (Å²) in [5, 5.41) is 12.9. The minimum Gasteiger partial charge on any atom is -0.465 e. The van der Waals surface area contributed by atoms with Crippen molar-refractivity contribution < 1.29 is 14.6 Å². The van der Waals surface area contributed by atoms with Crippen LogP contribution in [0.3, 0.4) is 0 Å². The molecule has 0 radical (unpaired) electrons. The monoisotopic (exact) mass is 363 g/mol. The van der Waals surface area contributed by atoms with E-state index in [1.165, 1.54) is 13.3 Å². The number of aliphatic hydroxyl groups is 1. The van der Waals surface area contributed by atoms with Crippen molar-refractivity contribution in [3.8, 4) is 11.3 Å². The molecule has 27 heavy (non-hydrogen) atoms. The molecule has 0 saturated carbocycles. The molecular weight excluding hydrogens is 342 g/mol. The van der Waals surface area contributed by atoms with Crippen LogP contribution in [0.1, 0.15) is 15.9 Å². The number of aromatic nitrogens is 2. The highest BCUT2D eigenvalue weighted by molar-refractivity contribution is 5.95. The first-order valence-electron chi connectivity index (χ1n) is 8.63. The van der Waals surface area contributed by atoms with Crippen molar-refractivity contribution in [2.45, 2.75) is 12.5 Å². The van der Waals surface area contributed by atoms with E-state index in [9.17, 15) is 9.90 Å². The van der Waals surface area contributed by atoms with Gasteiger partial charge in [-0.05, 0) is 12.0 Å². The molecule has 0 aliphatic rings. The number of nitrogens with one attached hydrogen (secondary N) is 1. The maximum absolute atomic E-state index is 12.1. The molecule has 0 aliphatic carbocycles. The molecule has 6 heteroatoms. The zero-order valence-electron chi connectivity index (χ0n) is 15.0. The number of hydrogen-bond acceptors (Lipinski definition) is 6. The number of anilines is 1. The Kier molecular flexibility index (Phi) is 6.12. The lowest BCUT2D eigenvalue weighted by molar-refractivity contribution is 0.0601. The number of esters is 1. The van der Waals surface area contributed by atoms with Crippen molar-refractivity contribution in [2.24, 2.45) is 0 Å². The van der Waals surface area contributed by atoms with Gasteiger partial charge in [0.15, 0.2) is 0 Å². The van der Waals surface area contributed by atoms with Crippen molar-refractivity contribution in [1.82, 2.24) is 9.97 Å². The Morgan fingerprint density at radius 1 is 1.11 bits per heavy atom. The lowest BCUT2D eigenvalue weighted by Gasteiger charge is -2.17. The van der Waals surface area contributed by atoms with Gasteiger partial charge in [0.1, 0.15) is 5.56 Å². The second kappa shape index (κ2) is 8.91. The fourth-order valence-electron chi connectivity index (χ4n) is 2.77. The van der Waals surface area contributed by atoms with Crippen LogP contribution in [-0.4, -0.2) is 40.8 Å². The van der Waals surface area contributed by atoms with E-state index in [1.807, 2.05) is 60.7 Å². The summed E-state index contributed by atoms with van der Waals surface area (Å²) in [6, 6.07) is 19.0. The molecule has 2 aromatic carbocycles. The Morgan fingerprint density at radius 3 is 2.41 bits per heavy atom. The smallest absolute Gasteiger partial charge is 0.341 e. The quantitative estimate of drug-likeness (QED) is 0.628. The van der Waals surface area contributed by atoms with Gasteiger partial charge in [-0.2, -0.15) is 0 Å². The van der Waals surface area contributed by atoms with E-state index in [-0.39, 0.29) is 18.2 Å². The van der Waals surface area contributed by atoms with E-state index in [2.05, 4.69) is 15.3 Å². The Balaban J connectivity index is 1.88. The van der Waals surface area contributed by atoms with Gasteiger partial charge in [0.2, 0.25) is 5.95 Å². The molecule has 0 fully saturated rings. The Hall–Kier alpha value is -3.25. The van der Waals surface area contributed by atoms with Crippen molar-refractivity contribution in [3.05, 3.63) is 78.0 Å². The third-order valence-electron chi connectivity index (χ3n) is 4.12. The third kappa shape index (κ3) is 4.68. The normalized spacial score (nSPS) is 11.6. The molecule has 1 atom stereocenters. The minimum atomic E-state index is -0.497. The highest BCUT2D eigenvalue weighted by Crippen LogP contribution is 2.23. The Bertz CT molecular complexity index is 886. The third-order valence-corrected chi connectivity index (χ3v) is 4.12. The summed E-state index contributed by atoms with van der Waals surface area (Å²) < 4.78 is 4.84. The second-order valence-electron chi connectivity index (χ2n) is 6.03. The highest BCUT2D eigenvalue weighted by atomic mass is 16.5. The van der Waals surface area contributed by atoms with Gasteiger partial charge in [-0.1, -0.05) is 60.7 Å². The molecule has 0 amide bonds. The average Bonchev–Trinajstić information content (AvgIpc) is 2.74. The molecule has 3 rings (SSSR count). The first kappa shape index (κ1) is 18.5. The van der Waals surface area contributed by atoms with Gasteiger partial charge in [-0.3, -0.25) is 0 Å². The topological polar surface area (TPSA) is 84.3 Å². The standard InChI is InChI=1S/C21H21N3O3/c1-27-20(26)18-13-22-21(24-19(18)16-10-6-3-7-11-16)23-17(14-25)12-15-8-4-2-5-9-15/h2-11,13,17,25H,12,14H2,1H3,(H,22,23,24). The van der Waals surface area contributed by atoms with Gasteiger partial charge < -0.3 is 15.2 Å². The van der Waals surface area contributed by atoms with Crippen LogP contribution in [0.2, 0.25) is 0 Å². The molecular formula is C21H21N3O3. The van der Waals surface area contributed by atoms with Gasteiger partial charge in [-0.25, -0.2) is 14.8 Å². The number of aliphatic hydroxyl groups excluding tert-OH is 1.